The number of aromatic nitrogens is 1. The van der Waals surface area contributed by atoms with E-state index in [1.165, 1.54) is 0 Å². The first kappa shape index (κ1) is 11.8. The Labute approximate surface area is 100 Å². The fourth-order valence-electron chi connectivity index (χ4n) is 1.59. The van der Waals surface area contributed by atoms with Gasteiger partial charge < -0.3 is 10.6 Å². The van der Waals surface area contributed by atoms with Gasteiger partial charge in [0.1, 0.15) is 0 Å². The van der Waals surface area contributed by atoms with Crippen molar-refractivity contribution < 1.29 is 4.79 Å². The number of pyridine rings is 1. The van der Waals surface area contributed by atoms with Crippen molar-refractivity contribution in [2.75, 3.05) is 13.1 Å². The van der Waals surface area contributed by atoms with Crippen molar-refractivity contribution in [1.29, 1.82) is 0 Å². The first-order valence-electron chi connectivity index (χ1n) is 5.65. The predicted octanol–water partition coefficient (Wildman–Crippen LogP) is -0.334. The lowest BCUT2D eigenvalue weighted by atomic mass is 10.2. The van der Waals surface area contributed by atoms with Gasteiger partial charge in [-0.05, 0) is 18.6 Å². The second-order valence-electron chi connectivity index (χ2n) is 4.09. The van der Waals surface area contributed by atoms with Crippen molar-refractivity contribution in [1.82, 2.24) is 26.5 Å². The molecule has 6 nitrogen and oxygen atoms in total. The van der Waals surface area contributed by atoms with Crippen LogP contribution in [0, 0.1) is 6.92 Å². The minimum Gasteiger partial charge on any atom is -0.334 e. The van der Waals surface area contributed by atoms with Gasteiger partial charge in [-0.15, -0.1) is 0 Å². The molecule has 0 aliphatic carbocycles. The van der Waals surface area contributed by atoms with E-state index in [0.717, 1.165) is 24.3 Å². The predicted molar refractivity (Wildman–Crippen MR) is 64.1 cm³/mol. The van der Waals surface area contributed by atoms with E-state index in [2.05, 4.69) is 26.5 Å². The van der Waals surface area contributed by atoms with Crippen LogP contribution in [-0.4, -0.2) is 30.1 Å². The SMILES string of the molecule is Cc1ccc(CNC(=O)NC2CNNC2)cn1. The number of carbonyl (C=O) groups is 1. The van der Waals surface area contributed by atoms with Gasteiger partial charge in [0, 0.05) is 31.5 Å². The number of amides is 2. The highest BCUT2D eigenvalue weighted by molar-refractivity contribution is 5.74. The lowest BCUT2D eigenvalue weighted by molar-refractivity contribution is 0.238. The third-order valence-corrected chi connectivity index (χ3v) is 2.58. The van der Waals surface area contributed by atoms with E-state index in [-0.39, 0.29) is 12.1 Å². The summed E-state index contributed by atoms with van der Waals surface area (Å²) in [5.74, 6) is 0. The molecule has 1 aliphatic rings. The molecule has 0 saturated carbocycles. The van der Waals surface area contributed by atoms with Crippen LogP contribution in [0.4, 0.5) is 4.79 Å². The molecule has 0 spiro atoms. The Kier molecular flexibility index (Phi) is 3.89. The summed E-state index contributed by atoms with van der Waals surface area (Å²) >= 11 is 0. The summed E-state index contributed by atoms with van der Waals surface area (Å²) < 4.78 is 0. The van der Waals surface area contributed by atoms with Gasteiger partial charge in [-0.2, -0.15) is 0 Å². The Morgan fingerprint density at radius 2 is 2.24 bits per heavy atom. The number of hydrogen-bond acceptors (Lipinski definition) is 4. The van der Waals surface area contributed by atoms with E-state index >= 15 is 0 Å². The number of nitrogens with zero attached hydrogens (tertiary/aromatic N) is 1. The highest BCUT2D eigenvalue weighted by atomic mass is 16.2. The standard InChI is InChI=1S/C11H17N5O/c1-8-2-3-9(4-12-8)5-13-11(17)16-10-6-14-15-7-10/h2-4,10,14-15H,5-7H2,1H3,(H2,13,16,17). The first-order chi connectivity index (χ1) is 8.24. The van der Waals surface area contributed by atoms with Crippen LogP contribution in [0.3, 0.4) is 0 Å². The average Bonchev–Trinajstić information content (AvgIpc) is 2.81. The molecule has 92 valence electrons. The molecule has 0 radical (unpaired) electrons. The van der Waals surface area contributed by atoms with Gasteiger partial charge >= 0.3 is 6.03 Å². The summed E-state index contributed by atoms with van der Waals surface area (Å²) in [6, 6.07) is 3.88. The summed E-state index contributed by atoms with van der Waals surface area (Å²) in [4.78, 5) is 15.7. The van der Waals surface area contributed by atoms with Crippen molar-refractivity contribution in [3.63, 3.8) is 0 Å². The van der Waals surface area contributed by atoms with E-state index in [1.807, 2.05) is 19.1 Å². The lowest BCUT2D eigenvalue weighted by Crippen LogP contribution is -2.44. The zero-order valence-electron chi connectivity index (χ0n) is 9.79. The summed E-state index contributed by atoms with van der Waals surface area (Å²) in [6.07, 6.45) is 1.77. The first-order valence-corrected chi connectivity index (χ1v) is 5.65. The number of nitrogens with one attached hydrogen (secondary N) is 4. The van der Waals surface area contributed by atoms with Crippen LogP contribution in [0.2, 0.25) is 0 Å². The number of hydrazine groups is 1. The molecule has 1 saturated heterocycles. The zero-order valence-corrected chi connectivity index (χ0v) is 9.79. The molecule has 0 unspecified atom stereocenters. The molecule has 2 rings (SSSR count). The Morgan fingerprint density at radius 3 is 2.88 bits per heavy atom. The van der Waals surface area contributed by atoms with Gasteiger partial charge in [-0.25, -0.2) is 4.79 Å². The van der Waals surface area contributed by atoms with Crippen LogP contribution in [0.15, 0.2) is 18.3 Å². The molecule has 0 aromatic carbocycles. The quantitative estimate of drug-likeness (QED) is 0.578. The number of urea groups is 1. The molecule has 0 bridgehead atoms. The summed E-state index contributed by atoms with van der Waals surface area (Å²) in [5.41, 5.74) is 7.88. The lowest BCUT2D eigenvalue weighted by Gasteiger charge is -2.11. The van der Waals surface area contributed by atoms with Crippen LogP contribution in [0.25, 0.3) is 0 Å². The van der Waals surface area contributed by atoms with Crippen molar-refractivity contribution >= 4 is 6.03 Å². The van der Waals surface area contributed by atoms with Crippen LogP contribution in [0.1, 0.15) is 11.3 Å². The van der Waals surface area contributed by atoms with Gasteiger partial charge in [0.05, 0.1) is 6.04 Å². The Balaban J connectivity index is 1.73. The molecule has 2 heterocycles. The number of hydrogen-bond donors (Lipinski definition) is 4. The van der Waals surface area contributed by atoms with Crippen LogP contribution < -0.4 is 21.5 Å². The number of rotatable bonds is 3. The molecular weight excluding hydrogens is 218 g/mol. The van der Waals surface area contributed by atoms with Gasteiger partial charge in [0.15, 0.2) is 0 Å². The van der Waals surface area contributed by atoms with Gasteiger partial charge in [-0.3, -0.25) is 15.8 Å². The average molecular weight is 235 g/mol. The van der Waals surface area contributed by atoms with E-state index < -0.39 is 0 Å². The minimum atomic E-state index is -0.152. The molecule has 1 aromatic heterocycles. The van der Waals surface area contributed by atoms with E-state index in [1.54, 1.807) is 6.20 Å². The largest absolute Gasteiger partial charge is 0.334 e. The minimum absolute atomic E-state index is 0.145. The maximum absolute atomic E-state index is 11.5. The highest BCUT2D eigenvalue weighted by Gasteiger charge is 2.15. The molecule has 0 atom stereocenters. The van der Waals surface area contributed by atoms with Gasteiger partial charge in [0.25, 0.3) is 0 Å². The maximum atomic E-state index is 11.5. The fourth-order valence-corrected chi connectivity index (χ4v) is 1.59. The second-order valence-corrected chi connectivity index (χ2v) is 4.09. The zero-order chi connectivity index (χ0) is 12.1. The number of aryl methyl sites for hydroxylation is 1. The normalized spacial score (nSPS) is 15.8. The molecule has 1 aromatic rings. The molecule has 6 heteroatoms. The molecule has 1 fully saturated rings. The van der Waals surface area contributed by atoms with Crippen molar-refractivity contribution in [2.45, 2.75) is 19.5 Å². The fraction of sp³-hybridized carbons (Fsp3) is 0.455. The molecule has 1 aliphatic heterocycles. The van der Waals surface area contributed by atoms with E-state index in [9.17, 15) is 4.79 Å². The topological polar surface area (TPSA) is 78.1 Å². The van der Waals surface area contributed by atoms with Crippen LogP contribution >= 0.6 is 0 Å². The van der Waals surface area contributed by atoms with E-state index in [4.69, 9.17) is 0 Å². The molecule has 2 amide bonds. The molecule has 4 N–H and O–H groups in total. The Hall–Kier alpha value is -1.66. The second kappa shape index (κ2) is 5.60. The Bertz CT molecular complexity index is 372. The van der Waals surface area contributed by atoms with Crippen molar-refractivity contribution in [3.05, 3.63) is 29.6 Å². The summed E-state index contributed by atoms with van der Waals surface area (Å²) in [6.45, 7) is 3.93. The Morgan fingerprint density at radius 1 is 1.47 bits per heavy atom. The summed E-state index contributed by atoms with van der Waals surface area (Å²) in [7, 11) is 0. The third kappa shape index (κ3) is 3.69. The third-order valence-electron chi connectivity index (χ3n) is 2.58. The van der Waals surface area contributed by atoms with Crippen LogP contribution in [-0.2, 0) is 6.54 Å². The van der Waals surface area contributed by atoms with Gasteiger partial charge in [0.2, 0.25) is 0 Å². The van der Waals surface area contributed by atoms with Gasteiger partial charge in [-0.1, -0.05) is 6.07 Å². The van der Waals surface area contributed by atoms with Crippen molar-refractivity contribution in [3.8, 4) is 0 Å². The van der Waals surface area contributed by atoms with E-state index in [0.29, 0.717) is 6.54 Å². The summed E-state index contributed by atoms with van der Waals surface area (Å²) in [5, 5.41) is 5.66. The smallest absolute Gasteiger partial charge is 0.315 e. The van der Waals surface area contributed by atoms with Crippen molar-refractivity contribution in [2.24, 2.45) is 0 Å². The highest BCUT2D eigenvalue weighted by Crippen LogP contribution is 1.98. The number of carbonyl (C=O) groups excluding carboxylic acids is 1. The molecule has 17 heavy (non-hydrogen) atoms. The monoisotopic (exact) mass is 235 g/mol. The molecular formula is C11H17N5O. The maximum Gasteiger partial charge on any atom is 0.315 e. The van der Waals surface area contributed by atoms with Crippen LogP contribution in [0.5, 0.6) is 0 Å².